The van der Waals surface area contributed by atoms with Crippen molar-refractivity contribution in [3.63, 3.8) is 0 Å². The van der Waals surface area contributed by atoms with Crippen LogP contribution in [0.2, 0.25) is 0 Å². The van der Waals surface area contributed by atoms with E-state index < -0.39 is 0 Å². The maximum atomic E-state index is 15.0. The lowest BCUT2D eigenvalue weighted by atomic mass is 9.75. The number of halogens is 1. The maximum Gasteiger partial charge on any atom is 0.131 e. The summed E-state index contributed by atoms with van der Waals surface area (Å²) in [6.45, 7) is 4.28. The number of benzene rings is 3. The standard InChI is InChI=1S/C30H36FN/c1-3-30(32)26-16-14-24(15-17-26)27-18-19-28(29(31)20-27)25-12-10-23(11-13-25)9-8-22-6-4-21(2)5-7-22/h4-7,10-13,18-20,24,26,30H,3,8-9,14-17,32H2,1-2H3. The SMILES string of the molecule is CCC(N)C1CCC(c2ccc(-c3ccc(CCc4ccc(C)cc4)cc3)c(F)c2)CC1. The highest BCUT2D eigenvalue weighted by Crippen LogP contribution is 2.38. The molecule has 2 N–H and O–H groups in total. The third-order valence-corrected chi connectivity index (χ3v) is 7.40. The van der Waals surface area contributed by atoms with E-state index in [1.165, 1.54) is 16.7 Å². The van der Waals surface area contributed by atoms with Gasteiger partial charge in [0.25, 0.3) is 0 Å². The van der Waals surface area contributed by atoms with Gasteiger partial charge in [0, 0.05) is 11.6 Å². The molecule has 3 aromatic carbocycles. The Balaban J connectivity index is 1.38. The zero-order valence-electron chi connectivity index (χ0n) is 19.5. The zero-order valence-corrected chi connectivity index (χ0v) is 19.5. The summed E-state index contributed by atoms with van der Waals surface area (Å²) in [5, 5.41) is 0. The van der Waals surface area contributed by atoms with Crippen molar-refractivity contribution in [1.29, 1.82) is 0 Å². The average molecular weight is 430 g/mol. The van der Waals surface area contributed by atoms with Crippen LogP contribution in [0.3, 0.4) is 0 Å². The first-order valence-electron chi connectivity index (χ1n) is 12.2. The topological polar surface area (TPSA) is 26.0 Å². The largest absolute Gasteiger partial charge is 0.327 e. The summed E-state index contributed by atoms with van der Waals surface area (Å²) in [7, 11) is 0. The molecular formula is C30H36FN. The highest BCUT2D eigenvalue weighted by atomic mass is 19.1. The molecule has 1 unspecified atom stereocenters. The van der Waals surface area contributed by atoms with Crippen molar-refractivity contribution in [1.82, 2.24) is 0 Å². The fourth-order valence-corrected chi connectivity index (χ4v) is 5.13. The number of hydrogen-bond donors (Lipinski definition) is 1. The Morgan fingerprint density at radius 1 is 0.844 bits per heavy atom. The molecule has 4 rings (SSSR count). The predicted molar refractivity (Wildman–Crippen MR) is 133 cm³/mol. The van der Waals surface area contributed by atoms with Gasteiger partial charge in [-0.3, -0.25) is 0 Å². The van der Waals surface area contributed by atoms with Gasteiger partial charge < -0.3 is 5.73 Å². The van der Waals surface area contributed by atoms with Gasteiger partial charge in [0.15, 0.2) is 0 Å². The minimum absolute atomic E-state index is 0.109. The quantitative estimate of drug-likeness (QED) is 0.411. The van der Waals surface area contributed by atoms with Crippen molar-refractivity contribution in [2.24, 2.45) is 11.7 Å². The Kier molecular flexibility index (Phi) is 7.42. The van der Waals surface area contributed by atoms with E-state index in [0.717, 1.165) is 56.1 Å². The van der Waals surface area contributed by atoms with Crippen molar-refractivity contribution in [3.05, 3.63) is 94.8 Å². The molecule has 0 spiro atoms. The molecular weight excluding hydrogens is 393 g/mol. The number of hydrogen-bond acceptors (Lipinski definition) is 1. The van der Waals surface area contributed by atoms with Crippen LogP contribution in [0.4, 0.5) is 4.39 Å². The van der Waals surface area contributed by atoms with Gasteiger partial charge in [-0.15, -0.1) is 0 Å². The summed E-state index contributed by atoms with van der Waals surface area (Å²) < 4.78 is 15.0. The van der Waals surface area contributed by atoms with Gasteiger partial charge in [-0.1, -0.05) is 73.2 Å². The first kappa shape index (κ1) is 22.7. The molecule has 0 radical (unpaired) electrons. The van der Waals surface area contributed by atoms with Gasteiger partial charge in [0.2, 0.25) is 0 Å². The predicted octanol–water partition coefficient (Wildman–Crippen LogP) is 7.60. The van der Waals surface area contributed by atoms with Crippen molar-refractivity contribution >= 4 is 0 Å². The van der Waals surface area contributed by atoms with Gasteiger partial charge in [-0.05, 0) is 92.0 Å². The second kappa shape index (κ2) is 10.4. The Bertz CT molecular complexity index is 998. The van der Waals surface area contributed by atoms with E-state index in [1.807, 2.05) is 6.07 Å². The highest BCUT2D eigenvalue weighted by molar-refractivity contribution is 5.65. The molecule has 1 atom stereocenters. The lowest BCUT2D eigenvalue weighted by Crippen LogP contribution is -2.32. The molecule has 32 heavy (non-hydrogen) atoms. The van der Waals surface area contributed by atoms with Gasteiger partial charge in [0.05, 0.1) is 0 Å². The molecule has 1 aliphatic rings. The lowest BCUT2D eigenvalue weighted by Gasteiger charge is -2.32. The minimum atomic E-state index is -0.109. The monoisotopic (exact) mass is 429 g/mol. The molecule has 0 amide bonds. The maximum absolute atomic E-state index is 15.0. The fourth-order valence-electron chi connectivity index (χ4n) is 5.13. The summed E-state index contributed by atoms with van der Waals surface area (Å²) in [5.41, 5.74) is 13.0. The first-order valence-corrected chi connectivity index (χ1v) is 12.2. The Hall–Kier alpha value is -2.45. The molecule has 2 heteroatoms. The van der Waals surface area contributed by atoms with Crippen LogP contribution in [0.1, 0.15) is 67.2 Å². The summed E-state index contributed by atoms with van der Waals surface area (Å²) >= 11 is 0. The van der Waals surface area contributed by atoms with Crippen molar-refractivity contribution in [2.45, 2.75) is 70.8 Å². The van der Waals surface area contributed by atoms with Crippen molar-refractivity contribution in [2.75, 3.05) is 0 Å². The Morgan fingerprint density at radius 2 is 1.44 bits per heavy atom. The Morgan fingerprint density at radius 3 is 2.00 bits per heavy atom. The van der Waals surface area contributed by atoms with Crippen LogP contribution in [0, 0.1) is 18.7 Å². The molecule has 3 aromatic rings. The van der Waals surface area contributed by atoms with Gasteiger partial charge in [-0.2, -0.15) is 0 Å². The first-order chi connectivity index (χ1) is 15.5. The molecule has 0 bridgehead atoms. The summed E-state index contributed by atoms with van der Waals surface area (Å²) in [6, 6.07) is 23.3. The van der Waals surface area contributed by atoms with Gasteiger partial charge in [-0.25, -0.2) is 4.39 Å². The van der Waals surface area contributed by atoms with E-state index in [0.29, 0.717) is 23.4 Å². The van der Waals surface area contributed by atoms with E-state index in [2.05, 4.69) is 68.4 Å². The average Bonchev–Trinajstić information content (AvgIpc) is 2.83. The number of nitrogens with two attached hydrogens (primary N) is 1. The zero-order chi connectivity index (χ0) is 22.5. The minimum Gasteiger partial charge on any atom is -0.327 e. The molecule has 1 saturated carbocycles. The summed E-state index contributed by atoms with van der Waals surface area (Å²) in [5.74, 6) is 0.982. The van der Waals surface area contributed by atoms with Crippen LogP contribution >= 0.6 is 0 Å². The van der Waals surface area contributed by atoms with Crippen LogP contribution in [-0.2, 0) is 12.8 Å². The summed E-state index contributed by atoms with van der Waals surface area (Å²) in [6.07, 6.45) is 7.62. The Labute approximate surface area is 192 Å². The molecule has 1 fully saturated rings. The third-order valence-electron chi connectivity index (χ3n) is 7.40. The number of aryl methyl sites for hydroxylation is 3. The second-order valence-corrected chi connectivity index (χ2v) is 9.61. The molecule has 0 aromatic heterocycles. The van der Waals surface area contributed by atoms with Crippen LogP contribution in [-0.4, -0.2) is 6.04 Å². The van der Waals surface area contributed by atoms with E-state index in [4.69, 9.17) is 5.73 Å². The fraction of sp³-hybridized carbons (Fsp3) is 0.400. The van der Waals surface area contributed by atoms with Crippen molar-refractivity contribution in [3.8, 4) is 11.1 Å². The van der Waals surface area contributed by atoms with Crippen LogP contribution in [0.25, 0.3) is 11.1 Å². The van der Waals surface area contributed by atoms with Gasteiger partial charge in [0.1, 0.15) is 5.82 Å². The molecule has 0 saturated heterocycles. The van der Waals surface area contributed by atoms with Crippen LogP contribution in [0.15, 0.2) is 66.7 Å². The van der Waals surface area contributed by atoms with E-state index >= 15 is 4.39 Å². The molecule has 1 aliphatic carbocycles. The van der Waals surface area contributed by atoms with E-state index in [1.54, 1.807) is 6.07 Å². The second-order valence-electron chi connectivity index (χ2n) is 9.61. The van der Waals surface area contributed by atoms with Gasteiger partial charge >= 0.3 is 0 Å². The molecule has 168 valence electrons. The highest BCUT2D eigenvalue weighted by Gasteiger charge is 2.26. The molecule has 0 heterocycles. The normalized spacial score (nSPS) is 19.6. The van der Waals surface area contributed by atoms with Crippen LogP contribution in [0.5, 0.6) is 0 Å². The summed E-state index contributed by atoms with van der Waals surface area (Å²) in [4.78, 5) is 0. The van der Waals surface area contributed by atoms with E-state index in [-0.39, 0.29) is 5.82 Å². The number of rotatable bonds is 7. The third kappa shape index (κ3) is 5.48. The van der Waals surface area contributed by atoms with Crippen LogP contribution < -0.4 is 5.73 Å². The molecule has 0 aliphatic heterocycles. The smallest absolute Gasteiger partial charge is 0.131 e. The van der Waals surface area contributed by atoms with Crippen molar-refractivity contribution < 1.29 is 4.39 Å². The molecule has 1 nitrogen and oxygen atoms in total. The van der Waals surface area contributed by atoms with E-state index in [9.17, 15) is 0 Å². The lowest BCUT2D eigenvalue weighted by molar-refractivity contribution is 0.277.